The molecule has 2 aromatic carbocycles. The number of aromatic nitrogens is 4. The van der Waals surface area contributed by atoms with Crippen LogP contribution in [0.2, 0.25) is 0 Å². The first kappa shape index (κ1) is 21.2. The third-order valence-electron chi connectivity index (χ3n) is 5.36. The minimum absolute atomic E-state index is 0.0389. The Morgan fingerprint density at radius 1 is 1.03 bits per heavy atom. The van der Waals surface area contributed by atoms with Crippen molar-refractivity contribution in [2.24, 2.45) is 0 Å². The maximum atomic E-state index is 12.6. The smallest absolute Gasteiger partial charge is 0.472 e. The number of piperidine rings is 1. The molecular weight excluding hydrogens is 435 g/mol. The molecule has 0 spiro atoms. The molecule has 1 aliphatic rings. The molecule has 2 N–H and O–H groups in total. The average molecular weight is 455 g/mol. The minimum Gasteiger partial charge on any atom is -0.472 e. The van der Waals surface area contributed by atoms with E-state index in [1.165, 1.54) is 18.2 Å². The summed E-state index contributed by atoms with van der Waals surface area (Å²) in [6.45, 7) is 1.75. The lowest BCUT2D eigenvalue weighted by Crippen LogP contribution is -2.37. The molecule has 10 heteroatoms. The molecule has 1 aliphatic heterocycles. The molecule has 0 amide bonds. The van der Waals surface area contributed by atoms with Crippen LogP contribution in [0.4, 0.5) is 13.2 Å². The minimum atomic E-state index is -4.75. The second-order valence-electron chi connectivity index (χ2n) is 7.74. The summed E-state index contributed by atoms with van der Waals surface area (Å²) in [5.74, 6) is 0.144. The van der Waals surface area contributed by atoms with Gasteiger partial charge in [0.25, 0.3) is 0 Å². The van der Waals surface area contributed by atoms with Crippen LogP contribution in [0.5, 0.6) is 11.6 Å². The highest BCUT2D eigenvalue weighted by atomic mass is 19.4. The average Bonchev–Trinajstić information content (AvgIpc) is 3.22. The molecule has 4 aromatic rings. The summed E-state index contributed by atoms with van der Waals surface area (Å²) >= 11 is 0. The maximum Gasteiger partial charge on any atom is 0.573 e. The zero-order chi connectivity index (χ0) is 22.8. The predicted octanol–water partition coefficient (Wildman–Crippen LogP) is 4.72. The molecule has 0 bridgehead atoms. The number of fused-ring (bicyclic) bond motifs is 1. The summed E-state index contributed by atoms with van der Waals surface area (Å²) in [5.41, 5.74) is 3.18. The summed E-state index contributed by atoms with van der Waals surface area (Å²) in [6, 6.07) is 11.3. The number of nitrogens with one attached hydrogen (secondary N) is 2. The molecule has 3 heterocycles. The van der Waals surface area contributed by atoms with Crippen LogP contribution in [0, 0.1) is 0 Å². The van der Waals surface area contributed by atoms with E-state index in [4.69, 9.17) is 4.74 Å². The van der Waals surface area contributed by atoms with E-state index in [0.29, 0.717) is 28.4 Å². The van der Waals surface area contributed by atoms with Gasteiger partial charge >= 0.3 is 6.36 Å². The topological polar surface area (TPSA) is 85.0 Å². The molecule has 7 nitrogen and oxygen atoms in total. The quantitative estimate of drug-likeness (QED) is 0.453. The molecular formula is C23H20F3N5O2. The van der Waals surface area contributed by atoms with Crippen LogP contribution in [-0.2, 0) is 0 Å². The largest absolute Gasteiger partial charge is 0.573 e. The van der Waals surface area contributed by atoms with Crippen molar-refractivity contribution >= 4 is 10.9 Å². The zero-order valence-electron chi connectivity index (χ0n) is 17.4. The van der Waals surface area contributed by atoms with Gasteiger partial charge in [0.05, 0.1) is 17.9 Å². The van der Waals surface area contributed by atoms with E-state index >= 15 is 0 Å². The Morgan fingerprint density at radius 2 is 1.91 bits per heavy atom. The van der Waals surface area contributed by atoms with Crippen LogP contribution in [0.25, 0.3) is 33.4 Å². The molecule has 170 valence electrons. The lowest BCUT2D eigenvalue weighted by molar-refractivity contribution is -0.274. The Labute approximate surface area is 187 Å². The Bertz CT molecular complexity index is 1270. The number of rotatable bonds is 5. The van der Waals surface area contributed by atoms with Gasteiger partial charge in [0.1, 0.15) is 23.2 Å². The Morgan fingerprint density at radius 3 is 2.73 bits per heavy atom. The number of halogens is 3. The highest BCUT2D eigenvalue weighted by molar-refractivity contribution is 5.94. The molecule has 2 aromatic heterocycles. The normalized spacial score (nSPS) is 16.6. The van der Waals surface area contributed by atoms with Gasteiger partial charge in [0.2, 0.25) is 5.88 Å². The second kappa shape index (κ2) is 8.70. The highest BCUT2D eigenvalue weighted by Gasteiger charge is 2.31. The van der Waals surface area contributed by atoms with Crippen molar-refractivity contribution in [3.05, 3.63) is 54.9 Å². The number of ether oxygens (including phenoxy) is 2. The summed E-state index contributed by atoms with van der Waals surface area (Å²) in [5, 5.41) is 11.4. The van der Waals surface area contributed by atoms with Crippen molar-refractivity contribution in [3.8, 4) is 34.1 Å². The Hall–Kier alpha value is -3.66. The predicted molar refractivity (Wildman–Crippen MR) is 116 cm³/mol. The first-order valence-electron chi connectivity index (χ1n) is 10.5. The number of nitrogens with zero attached hydrogens (tertiary/aromatic N) is 3. The maximum absolute atomic E-state index is 12.6. The van der Waals surface area contributed by atoms with Gasteiger partial charge in [0.15, 0.2) is 0 Å². The molecule has 0 aliphatic carbocycles. The lowest BCUT2D eigenvalue weighted by atomic mass is 10.0. The second-order valence-corrected chi connectivity index (χ2v) is 7.74. The van der Waals surface area contributed by atoms with E-state index in [-0.39, 0.29) is 11.9 Å². The van der Waals surface area contributed by atoms with Crippen molar-refractivity contribution in [2.45, 2.75) is 25.3 Å². The SMILES string of the molecule is FC(F)(F)Oc1cccc(-c2ccc3[nH]nc(-c4cncc(O[C@@H]5CCCNC5)n4)c3c2)c1. The van der Waals surface area contributed by atoms with Crippen molar-refractivity contribution in [1.82, 2.24) is 25.5 Å². The monoisotopic (exact) mass is 455 g/mol. The van der Waals surface area contributed by atoms with Crippen LogP contribution in [-0.4, -0.2) is 45.7 Å². The van der Waals surface area contributed by atoms with Crippen LogP contribution in [0.15, 0.2) is 54.9 Å². The number of hydrogen-bond donors (Lipinski definition) is 2. The van der Waals surface area contributed by atoms with Gasteiger partial charge in [-0.1, -0.05) is 18.2 Å². The van der Waals surface area contributed by atoms with Gasteiger partial charge in [0, 0.05) is 11.9 Å². The van der Waals surface area contributed by atoms with E-state index < -0.39 is 6.36 Å². The molecule has 0 unspecified atom stereocenters. The van der Waals surface area contributed by atoms with Gasteiger partial charge in [-0.15, -0.1) is 13.2 Å². The fourth-order valence-corrected chi connectivity index (χ4v) is 3.87. The number of benzene rings is 2. The molecule has 1 saturated heterocycles. The fraction of sp³-hybridized carbons (Fsp3) is 0.261. The van der Waals surface area contributed by atoms with Gasteiger partial charge in [-0.2, -0.15) is 5.10 Å². The third-order valence-corrected chi connectivity index (χ3v) is 5.36. The molecule has 1 atom stereocenters. The Kier molecular flexibility index (Phi) is 5.59. The summed E-state index contributed by atoms with van der Waals surface area (Å²) < 4.78 is 47.8. The summed E-state index contributed by atoms with van der Waals surface area (Å²) in [4.78, 5) is 8.83. The Balaban J connectivity index is 1.46. The molecule has 33 heavy (non-hydrogen) atoms. The fourth-order valence-electron chi connectivity index (χ4n) is 3.87. The van der Waals surface area contributed by atoms with Gasteiger partial charge < -0.3 is 14.8 Å². The van der Waals surface area contributed by atoms with Crippen molar-refractivity contribution < 1.29 is 22.6 Å². The zero-order valence-corrected chi connectivity index (χ0v) is 17.4. The van der Waals surface area contributed by atoms with Crippen LogP contribution in [0.3, 0.4) is 0 Å². The van der Waals surface area contributed by atoms with Gasteiger partial charge in [-0.3, -0.25) is 10.1 Å². The first-order chi connectivity index (χ1) is 15.9. The van der Waals surface area contributed by atoms with Crippen molar-refractivity contribution in [3.63, 3.8) is 0 Å². The number of alkyl halides is 3. The van der Waals surface area contributed by atoms with E-state index in [1.807, 2.05) is 12.1 Å². The number of aromatic amines is 1. The standard InChI is InChI=1S/C23H20F3N5O2/c24-23(25,26)33-16-4-1-3-14(9-16)15-6-7-19-18(10-15)22(31-30-19)20-12-28-13-21(29-20)32-17-5-2-8-27-11-17/h1,3-4,6-7,9-10,12-13,17,27H,2,5,8,11H2,(H,30,31)/t17-/m1/s1. The van der Waals surface area contributed by atoms with Crippen molar-refractivity contribution in [1.29, 1.82) is 0 Å². The lowest BCUT2D eigenvalue weighted by Gasteiger charge is -2.23. The third kappa shape index (κ3) is 4.90. The number of H-pyrrole nitrogens is 1. The highest BCUT2D eigenvalue weighted by Crippen LogP contribution is 2.32. The van der Waals surface area contributed by atoms with Crippen LogP contribution >= 0.6 is 0 Å². The first-order valence-corrected chi connectivity index (χ1v) is 10.5. The molecule has 5 rings (SSSR count). The molecule has 0 saturated carbocycles. The van der Waals surface area contributed by atoms with E-state index in [9.17, 15) is 13.2 Å². The number of hydrogen-bond acceptors (Lipinski definition) is 6. The van der Waals surface area contributed by atoms with Crippen LogP contribution < -0.4 is 14.8 Å². The van der Waals surface area contributed by atoms with Gasteiger partial charge in [-0.25, -0.2) is 4.98 Å². The summed E-state index contributed by atoms with van der Waals surface area (Å²) in [7, 11) is 0. The molecule has 0 radical (unpaired) electrons. The molecule has 1 fully saturated rings. The van der Waals surface area contributed by atoms with Gasteiger partial charge in [-0.05, 0) is 54.8 Å². The van der Waals surface area contributed by atoms with E-state index in [2.05, 4.69) is 30.2 Å². The van der Waals surface area contributed by atoms with Crippen LogP contribution in [0.1, 0.15) is 12.8 Å². The van der Waals surface area contributed by atoms with E-state index in [0.717, 1.165) is 36.8 Å². The van der Waals surface area contributed by atoms with E-state index in [1.54, 1.807) is 24.5 Å². The van der Waals surface area contributed by atoms with Crippen molar-refractivity contribution in [2.75, 3.05) is 13.1 Å². The summed E-state index contributed by atoms with van der Waals surface area (Å²) in [6.07, 6.45) is 0.456.